The molecule has 0 saturated heterocycles. The second kappa shape index (κ2) is 10.2. The molecule has 1 atom stereocenters. The Morgan fingerprint density at radius 1 is 1.19 bits per heavy atom. The average Bonchev–Trinajstić information content (AvgIpc) is 2.64. The first-order chi connectivity index (χ1) is 12.9. The molecule has 27 heavy (non-hydrogen) atoms. The van der Waals surface area contributed by atoms with Crippen LogP contribution in [0.3, 0.4) is 0 Å². The zero-order valence-electron chi connectivity index (χ0n) is 17.0. The summed E-state index contributed by atoms with van der Waals surface area (Å²) in [6.45, 7) is 9.24. The summed E-state index contributed by atoms with van der Waals surface area (Å²) in [5.74, 6) is 1.05. The van der Waals surface area contributed by atoms with Gasteiger partial charge in [0.05, 0.1) is 6.61 Å². The number of hydrogen-bond acceptors (Lipinski definition) is 3. The SMILES string of the molecule is CCC(CCNC(=O)c1cc(CO)cc(Cc2cccc(C)c2)n1)C(C)C. The topological polar surface area (TPSA) is 62.2 Å². The molecule has 1 amide bonds. The summed E-state index contributed by atoms with van der Waals surface area (Å²) in [5, 5.41) is 12.5. The number of pyridine rings is 1. The Labute approximate surface area is 163 Å². The van der Waals surface area contributed by atoms with Crippen LogP contribution in [0.25, 0.3) is 0 Å². The summed E-state index contributed by atoms with van der Waals surface area (Å²) >= 11 is 0. The zero-order chi connectivity index (χ0) is 19.8. The maximum absolute atomic E-state index is 12.6. The van der Waals surface area contributed by atoms with Gasteiger partial charge in [-0.05, 0) is 48.4 Å². The standard InChI is InChI=1S/C23H32N2O2/c1-5-20(16(2)3)9-10-24-23(27)22-14-19(15-26)13-21(25-22)12-18-8-6-7-17(4)11-18/h6-8,11,13-14,16,20,26H,5,9-10,12,15H2,1-4H3,(H,24,27). The Kier molecular flexibility index (Phi) is 7.99. The van der Waals surface area contributed by atoms with Gasteiger partial charge in [0.25, 0.3) is 5.91 Å². The first-order valence-electron chi connectivity index (χ1n) is 9.87. The highest BCUT2D eigenvalue weighted by Gasteiger charge is 2.14. The number of aromatic nitrogens is 1. The molecule has 4 nitrogen and oxygen atoms in total. The molecule has 2 rings (SSSR count). The molecule has 1 heterocycles. The van der Waals surface area contributed by atoms with Crippen molar-refractivity contribution in [1.82, 2.24) is 10.3 Å². The Balaban J connectivity index is 2.08. The quantitative estimate of drug-likeness (QED) is 0.694. The van der Waals surface area contributed by atoms with Crippen LogP contribution in [0.2, 0.25) is 0 Å². The molecule has 0 bridgehead atoms. The predicted molar refractivity (Wildman–Crippen MR) is 110 cm³/mol. The molecular formula is C23H32N2O2. The van der Waals surface area contributed by atoms with E-state index in [0.29, 0.717) is 36.1 Å². The van der Waals surface area contributed by atoms with Gasteiger partial charge in [0, 0.05) is 18.7 Å². The Morgan fingerprint density at radius 3 is 2.59 bits per heavy atom. The van der Waals surface area contributed by atoms with Gasteiger partial charge in [0.1, 0.15) is 5.69 Å². The highest BCUT2D eigenvalue weighted by Crippen LogP contribution is 2.18. The summed E-state index contributed by atoms with van der Waals surface area (Å²) in [7, 11) is 0. The number of carbonyl (C=O) groups excluding carboxylic acids is 1. The lowest BCUT2D eigenvalue weighted by molar-refractivity contribution is 0.0944. The van der Waals surface area contributed by atoms with Crippen LogP contribution in [0.15, 0.2) is 36.4 Å². The lowest BCUT2D eigenvalue weighted by atomic mass is 9.90. The van der Waals surface area contributed by atoms with E-state index in [9.17, 15) is 9.90 Å². The number of rotatable bonds is 9. The Morgan fingerprint density at radius 2 is 1.96 bits per heavy atom. The zero-order valence-corrected chi connectivity index (χ0v) is 17.0. The van der Waals surface area contributed by atoms with Gasteiger partial charge in [-0.25, -0.2) is 4.98 Å². The maximum atomic E-state index is 12.6. The van der Waals surface area contributed by atoms with Gasteiger partial charge in [-0.15, -0.1) is 0 Å². The number of amides is 1. The number of nitrogens with zero attached hydrogens (tertiary/aromatic N) is 1. The van der Waals surface area contributed by atoms with Crippen molar-refractivity contribution in [3.05, 3.63) is 64.5 Å². The summed E-state index contributed by atoms with van der Waals surface area (Å²) in [6.07, 6.45) is 2.73. The van der Waals surface area contributed by atoms with Gasteiger partial charge in [0.15, 0.2) is 0 Å². The fourth-order valence-corrected chi connectivity index (χ4v) is 3.45. The molecular weight excluding hydrogens is 336 g/mol. The van der Waals surface area contributed by atoms with E-state index < -0.39 is 0 Å². The number of aliphatic hydroxyl groups is 1. The second-order valence-corrected chi connectivity index (χ2v) is 7.63. The van der Waals surface area contributed by atoms with Crippen molar-refractivity contribution in [2.24, 2.45) is 11.8 Å². The minimum atomic E-state index is -0.172. The van der Waals surface area contributed by atoms with Crippen molar-refractivity contribution < 1.29 is 9.90 Å². The lowest BCUT2D eigenvalue weighted by Gasteiger charge is -2.19. The molecule has 2 N–H and O–H groups in total. The number of nitrogens with one attached hydrogen (secondary N) is 1. The van der Waals surface area contributed by atoms with E-state index in [-0.39, 0.29) is 12.5 Å². The van der Waals surface area contributed by atoms with Crippen LogP contribution in [0.5, 0.6) is 0 Å². The number of carbonyl (C=O) groups is 1. The molecule has 1 aromatic carbocycles. The number of aliphatic hydroxyl groups excluding tert-OH is 1. The third-order valence-electron chi connectivity index (χ3n) is 5.09. The first-order valence-corrected chi connectivity index (χ1v) is 9.87. The van der Waals surface area contributed by atoms with Gasteiger partial charge in [-0.2, -0.15) is 0 Å². The molecule has 0 aliphatic carbocycles. The van der Waals surface area contributed by atoms with Crippen molar-refractivity contribution in [1.29, 1.82) is 0 Å². The minimum Gasteiger partial charge on any atom is -0.392 e. The number of hydrogen-bond donors (Lipinski definition) is 2. The molecule has 0 spiro atoms. The van der Waals surface area contributed by atoms with E-state index in [0.717, 1.165) is 24.1 Å². The summed E-state index contributed by atoms with van der Waals surface area (Å²) < 4.78 is 0. The fourth-order valence-electron chi connectivity index (χ4n) is 3.45. The largest absolute Gasteiger partial charge is 0.392 e. The van der Waals surface area contributed by atoms with Crippen molar-refractivity contribution >= 4 is 5.91 Å². The van der Waals surface area contributed by atoms with Gasteiger partial charge in [0.2, 0.25) is 0 Å². The highest BCUT2D eigenvalue weighted by atomic mass is 16.3. The van der Waals surface area contributed by atoms with Crippen LogP contribution in [0.1, 0.15) is 66.5 Å². The third-order valence-corrected chi connectivity index (χ3v) is 5.09. The van der Waals surface area contributed by atoms with Gasteiger partial charge >= 0.3 is 0 Å². The summed E-state index contributed by atoms with van der Waals surface area (Å²) in [4.78, 5) is 17.1. The normalized spacial score (nSPS) is 12.2. The molecule has 1 unspecified atom stereocenters. The summed E-state index contributed by atoms with van der Waals surface area (Å²) in [6, 6.07) is 11.8. The van der Waals surface area contributed by atoms with Crippen molar-refractivity contribution in [2.75, 3.05) is 6.54 Å². The molecule has 2 aromatic rings. The average molecular weight is 369 g/mol. The highest BCUT2D eigenvalue weighted by molar-refractivity contribution is 5.92. The maximum Gasteiger partial charge on any atom is 0.269 e. The van der Waals surface area contributed by atoms with Crippen molar-refractivity contribution in [2.45, 2.75) is 53.6 Å². The van der Waals surface area contributed by atoms with Crippen LogP contribution in [0.4, 0.5) is 0 Å². The van der Waals surface area contributed by atoms with Crippen LogP contribution < -0.4 is 5.32 Å². The van der Waals surface area contributed by atoms with Crippen LogP contribution in [-0.2, 0) is 13.0 Å². The minimum absolute atomic E-state index is 0.102. The Hall–Kier alpha value is -2.20. The molecule has 0 saturated carbocycles. The molecule has 1 aromatic heterocycles. The van der Waals surface area contributed by atoms with E-state index in [2.05, 4.69) is 56.2 Å². The van der Waals surface area contributed by atoms with E-state index in [1.165, 1.54) is 5.56 Å². The molecule has 4 heteroatoms. The second-order valence-electron chi connectivity index (χ2n) is 7.63. The summed E-state index contributed by atoms with van der Waals surface area (Å²) in [5.41, 5.74) is 4.23. The molecule has 0 radical (unpaired) electrons. The lowest BCUT2D eigenvalue weighted by Crippen LogP contribution is -2.28. The molecule has 0 aliphatic rings. The smallest absolute Gasteiger partial charge is 0.269 e. The number of benzene rings is 1. The van der Waals surface area contributed by atoms with Gasteiger partial charge < -0.3 is 10.4 Å². The van der Waals surface area contributed by atoms with E-state index in [4.69, 9.17) is 0 Å². The van der Waals surface area contributed by atoms with Gasteiger partial charge in [-0.1, -0.05) is 57.0 Å². The molecule has 0 fully saturated rings. The first kappa shape index (κ1) is 21.1. The van der Waals surface area contributed by atoms with E-state index in [1.54, 1.807) is 6.07 Å². The van der Waals surface area contributed by atoms with Gasteiger partial charge in [-0.3, -0.25) is 4.79 Å². The third kappa shape index (κ3) is 6.47. The molecule has 0 aliphatic heterocycles. The van der Waals surface area contributed by atoms with E-state index in [1.807, 2.05) is 12.1 Å². The molecule has 146 valence electrons. The predicted octanol–water partition coefficient (Wildman–Crippen LogP) is 4.28. The fraction of sp³-hybridized carbons (Fsp3) is 0.478. The monoisotopic (exact) mass is 368 g/mol. The van der Waals surface area contributed by atoms with Crippen molar-refractivity contribution in [3.8, 4) is 0 Å². The van der Waals surface area contributed by atoms with Crippen LogP contribution >= 0.6 is 0 Å². The van der Waals surface area contributed by atoms with Crippen LogP contribution in [-0.4, -0.2) is 22.5 Å². The Bertz CT molecular complexity index is 756. The van der Waals surface area contributed by atoms with Crippen LogP contribution in [0, 0.1) is 18.8 Å². The van der Waals surface area contributed by atoms with E-state index >= 15 is 0 Å². The number of aryl methyl sites for hydroxylation is 1. The van der Waals surface area contributed by atoms with Crippen molar-refractivity contribution in [3.63, 3.8) is 0 Å².